The average molecular weight is 592 g/mol. The number of amides is 2. The second kappa shape index (κ2) is 10.8. The van der Waals surface area contributed by atoms with Crippen LogP contribution in [0.2, 0.25) is 10.0 Å². The number of hydrogen-bond donors (Lipinski definition) is 1. The number of rotatable bonds is 5. The van der Waals surface area contributed by atoms with Gasteiger partial charge in [0.1, 0.15) is 5.75 Å². The maximum atomic E-state index is 13.9. The fourth-order valence-electron chi connectivity index (χ4n) is 5.57. The van der Waals surface area contributed by atoms with Crippen LogP contribution in [0.25, 0.3) is 28.1 Å². The summed E-state index contributed by atoms with van der Waals surface area (Å²) >= 11 is 12.8. The first-order valence-electron chi connectivity index (χ1n) is 13.2. The highest BCUT2D eigenvalue weighted by Gasteiger charge is 2.34. The van der Waals surface area contributed by atoms with E-state index in [1.807, 2.05) is 24.0 Å². The largest absolute Gasteiger partial charge is 0.496 e. The lowest BCUT2D eigenvalue weighted by Crippen LogP contribution is -2.47. The van der Waals surface area contributed by atoms with Gasteiger partial charge in [0.05, 0.1) is 43.3 Å². The number of fused-ring (bicyclic) bond motifs is 3. The summed E-state index contributed by atoms with van der Waals surface area (Å²) in [5.41, 5.74) is 11.8. The van der Waals surface area contributed by atoms with Crippen molar-refractivity contribution >= 4 is 35.0 Å². The number of hydrogen-bond acceptors (Lipinski definition) is 6. The van der Waals surface area contributed by atoms with E-state index in [4.69, 9.17) is 43.5 Å². The predicted octanol–water partition coefficient (Wildman–Crippen LogP) is 4.98. The SMILES string of the molecule is COc1cc2c(cc1-c1cncc(C(N)=O)c1)-c1c(c(C(=O)N3CCOC[C@@H]3C)nn1-c1cc(Cl)cc(Cl)c1)CC2. The van der Waals surface area contributed by atoms with Gasteiger partial charge in [-0.2, -0.15) is 5.10 Å². The molecular formula is C30H27Cl2N5O4. The van der Waals surface area contributed by atoms with E-state index in [0.29, 0.717) is 65.3 Å². The summed E-state index contributed by atoms with van der Waals surface area (Å²) < 4.78 is 13.1. The van der Waals surface area contributed by atoms with Crippen molar-refractivity contribution in [2.24, 2.45) is 5.73 Å². The summed E-state index contributed by atoms with van der Waals surface area (Å²) in [6.45, 7) is 3.42. The number of halogens is 2. The number of benzene rings is 2. The lowest BCUT2D eigenvalue weighted by Gasteiger charge is -2.33. The van der Waals surface area contributed by atoms with Gasteiger partial charge in [-0.1, -0.05) is 23.2 Å². The summed E-state index contributed by atoms with van der Waals surface area (Å²) in [7, 11) is 1.60. The normalized spacial score (nSPS) is 16.2. The number of nitrogens with two attached hydrogens (primary N) is 1. The highest BCUT2D eigenvalue weighted by Crippen LogP contribution is 2.43. The number of pyridine rings is 1. The molecule has 0 unspecified atom stereocenters. The minimum absolute atomic E-state index is 0.0746. The van der Waals surface area contributed by atoms with Crippen molar-refractivity contribution in [1.82, 2.24) is 19.7 Å². The number of aromatic nitrogens is 3. The Labute approximate surface area is 246 Å². The number of carbonyl (C=O) groups is 2. The molecular weight excluding hydrogens is 565 g/mol. The van der Waals surface area contributed by atoms with Crippen molar-refractivity contribution in [3.05, 3.63) is 81.2 Å². The minimum atomic E-state index is -0.574. The van der Waals surface area contributed by atoms with Crippen molar-refractivity contribution in [3.8, 4) is 33.8 Å². The van der Waals surface area contributed by atoms with Gasteiger partial charge in [0, 0.05) is 51.2 Å². The summed E-state index contributed by atoms with van der Waals surface area (Å²) in [4.78, 5) is 31.9. The van der Waals surface area contributed by atoms with Crippen molar-refractivity contribution in [2.45, 2.75) is 25.8 Å². The summed E-state index contributed by atoms with van der Waals surface area (Å²) in [6.07, 6.45) is 4.37. The Morgan fingerprint density at radius 2 is 1.83 bits per heavy atom. The molecule has 41 heavy (non-hydrogen) atoms. The molecule has 1 saturated heterocycles. The third kappa shape index (κ3) is 4.94. The van der Waals surface area contributed by atoms with Crippen molar-refractivity contribution in [2.75, 3.05) is 26.9 Å². The Bertz CT molecular complexity index is 1680. The second-order valence-corrected chi connectivity index (χ2v) is 11.0. The van der Waals surface area contributed by atoms with E-state index in [1.165, 1.54) is 6.20 Å². The third-order valence-corrected chi connectivity index (χ3v) is 8.00. The number of morpholine rings is 1. The lowest BCUT2D eigenvalue weighted by atomic mass is 9.86. The highest BCUT2D eigenvalue weighted by molar-refractivity contribution is 6.34. The zero-order valence-corrected chi connectivity index (χ0v) is 24.0. The summed E-state index contributed by atoms with van der Waals surface area (Å²) in [6, 6.07) is 10.8. The van der Waals surface area contributed by atoms with Crippen LogP contribution in [-0.4, -0.2) is 64.4 Å². The highest BCUT2D eigenvalue weighted by atomic mass is 35.5. The molecule has 11 heteroatoms. The second-order valence-electron chi connectivity index (χ2n) is 10.2. The van der Waals surface area contributed by atoms with E-state index in [-0.39, 0.29) is 17.5 Å². The zero-order valence-electron chi connectivity index (χ0n) is 22.5. The molecule has 4 aromatic rings. The van der Waals surface area contributed by atoms with Crippen LogP contribution in [0.5, 0.6) is 5.75 Å². The van der Waals surface area contributed by atoms with E-state index >= 15 is 0 Å². The van der Waals surface area contributed by atoms with E-state index in [1.54, 1.807) is 42.3 Å². The van der Waals surface area contributed by atoms with Gasteiger partial charge in [0.2, 0.25) is 5.91 Å². The number of carbonyl (C=O) groups excluding carboxylic acids is 2. The molecule has 2 amide bonds. The van der Waals surface area contributed by atoms with Crippen molar-refractivity contribution in [3.63, 3.8) is 0 Å². The fraction of sp³-hybridized carbons (Fsp3) is 0.267. The Kier molecular flexibility index (Phi) is 7.19. The first kappa shape index (κ1) is 27.3. The topological polar surface area (TPSA) is 113 Å². The Balaban J connectivity index is 1.58. The van der Waals surface area contributed by atoms with Crippen molar-refractivity contribution < 1.29 is 19.1 Å². The van der Waals surface area contributed by atoms with Gasteiger partial charge in [0.15, 0.2) is 5.69 Å². The van der Waals surface area contributed by atoms with E-state index in [9.17, 15) is 9.59 Å². The van der Waals surface area contributed by atoms with Crippen LogP contribution in [0.15, 0.2) is 48.8 Å². The zero-order chi connectivity index (χ0) is 28.8. The molecule has 210 valence electrons. The standard InChI is InChI=1S/C30H27Cl2N5O4/c1-16-15-41-6-5-36(16)30(39)27-23-4-3-17-8-26(40-2)24(18-7-19(29(33)38)14-34-13-18)12-25(17)28(23)37(35-27)22-10-20(31)9-21(32)11-22/h7-14,16H,3-6,15H2,1-2H3,(H2,33,38)/t16-/m0/s1. The molecule has 2 N–H and O–H groups in total. The summed E-state index contributed by atoms with van der Waals surface area (Å²) in [5.74, 6) is -0.0830. The molecule has 1 fully saturated rings. The van der Waals surface area contributed by atoms with E-state index in [0.717, 1.165) is 27.9 Å². The first-order chi connectivity index (χ1) is 19.7. The number of ether oxygens (including phenoxy) is 2. The van der Waals surface area contributed by atoms with Gasteiger partial charge < -0.3 is 20.1 Å². The van der Waals surface area contributed by atoms with Gasteiger partial charge in [-0.05, 0) is 61.7 Å². The monoisotopic (exact) mass is 591 g/mol. The van der Waals surface area contributed by atoms with Crippen LogP contribution in [0.1, 0.15) is 38.9 Å². The van der Waals surface area contributed by atoms with Crippen LogP contribution in [0, 0.1) is 0 Å². The third-order valence-electron chi connectivity index (χ3n) is 7.57. The van der Waals surface area contributed by atoms with Gasteiger partial charge in [0.25, 0.3) is 5.91 Å². The predicted molar refractivity (Wildman–Crippen MR) is 156 cm³/mol. The van der Waals surface area contributed by atoms with Gasteiger partial charge in [-0.25, -0.2) is 4.68 Å². The molecule has 1 aliphatic heterocycles. The molecule has 3 heterocycles. The molecule has 2 aromatic carbocycles. The van der Waals surface area contributed by atoms with Gasteiger partial charge in [-0.3, -0.25) is 14.6 Å². The minimum Gasteiger partial charge on any atom is -0.496 e. The number of aryl methyl sites for hydroxylation is 1. The van der Waals surface area contributed by atoms with Gasteiger partial charge in [-0.15, -0.1) is 0 Å². The van der Waals surface area contributed by atoms with Gasteiger partial charge >= 0.3 is 0 Å². The Morgan fingerprint density at radius 1 is 1.05 bits per heavy atom. The van der Waals surface area contributed by atoms with E-state index < -0.39 is 5.91 Å². The van der Waals surface area contributed by atoms with Crippen molar-refractivity contribution in [1.29, 1.82) is 0 Å². The molecule has 9 nitrogen and oxygen atoms in total. The quantitative estimate of drug-likeness (QED) is 0.350. The molecule has 2 aliphatic rings. The maximum Gasteiger partial charge on any atom is 0.275 e. The maximum absolute atomic E-state index is 13.9. The number of nitrogens with zero attached hydrogens (tertiary/aromatic N) is 4. The molecule has 0 spiro atoms. The van der Waals surface area contributed by atoms with Crippen LogP contribution in [0.3, 0.4) is 0 Å². The molecule has 0 radical (unpaired) electrons. The molecule has 0 saturated carbocycles. The van der Waals surface area contributed by atoms with Crippen LogP contribution < -0.4 is 10.5 Å². The lowest BCUT2D eigenvalue weighted by molar-refractivity contribution is 0.00318. The number of methoxy groups -OCH3 is 1. The smallest absolute Gasteiger partial charge is 0.275 e. The average Bonchev–Trinajstić information content (AvgIpc) is 3.36. The molecule has 2 aromatic heterocycles. The number of primary amides is 1. The Morgan fingerprint density at radius 3 is 2.54 bits per heavy atom. The molecule has 0 bridgehead atoms. The summed E-state index contributed by atoms with van der Waals surface area (Å²) in [5, 5.41) is 5.80. The molecule has 1 aliphatic carbocycles. The first-order valence-corrected chi connectivity index (χ1v) is 13.9. The van der Waals surface area contributed by atoms with Crippen LogP contribution in [0.4, 0.5) is 0 Å². The van der Waals surface area contributed by atoms with E-state index in [2.05, 4.69) is 4.98 Å². The molecule has 6 rings (SSSR count). The Hall–Kier alpha value is -3.92. The fourth-order valence-corrected chi connectivity index (χ4v) is 6.09. The molecule has 1 atom stereocenters. The van der Waals surface area contributed by atoms with Crippen LogP contribution >= 0.6 is 23.2 Å². The van der Waals surface area contributed by atoms with Crippen LogP contribution in [-0.2, 0) is 17.6 Å².